The van der Waals surface area contributed by atoms with Crippen LogP contribution in [-0.4, -0.2) is 15.9 Å². The highest BCUT2D eigenvalue weighted by atomic mass is 79.9. The molecule has 92 valence electrons. The molecule has 2 aromatic heterocycles. The lowest BCUT2D eigenvalue weighted by Gasteiger charge is -2.07. The fourth-order valence-corrected chi connectivity index (χ4v) is 1.64. The highest BCUT2D eigenvalue weighted by molar-refractivity contribution is 9.10. The minimum atomic E-state index is -0.630. The zero-order valence-corrected chi connectivity index (χ0v) is 10.6. The number of nitrogens with zero attached hydrogens (tertiary/aromatic N) is 2. The minimum absolute atomic E-state index is 0.0347. The third kappa shape index (κ3) is 2.62. The molecular formula is C11H8BrFN4O. The fourth-order valence-electron chi connectivity index (χ4n) is 1.28. The highest BCUT2D eigenvalue weighted by Crippen LogP contribution is 2.20. The van der Waals surface area contributed by atoms with Crippen molar-refractivity contribution in [3.8, 4) is 0 Å². The van der Waals surface area contributed by atoms with E-state index < -0.39 is 11.7 Å². The lowest BCUT2D eigenvalue weighted by Crippen LogP contribution is -2.16. The topological polar surface area (TPSA) is 80.9 Å². The Kier molecular flexibility index (Phi) is 3.52. The van der Waals surface area contributed by atoms with Crippen LogP contribution >= 0.6 is 15.9 Å². The summed E-state index contributed by atoms with van der Waals surface area (Å²) in [5, 5.41) is 2.51. The molecular weight excluding hydrogens is 303 g/mol. The van der Waals surface area contributed by atoms with E-state index in [0.717, 1.165) is 12.3 Å². The summed E-state index contributed by atoms with van der Waals surface area (Å²) >= 11 is 3.23. The third-order valence-corrected chi connectivity index (χ3v) is 2.76. The van der Waals surface area contributed by atoms with E-state index in [2.05, 4.69) is 31.2 Å². The van der Waals surface area contributed by atoms with Crippen molar-refractivity contribution in [3.63, 3.8) is 0 Å². The smallest absolute Gasteiger partial charge is 0.260 e. The van der Waals surface area contributed by atoms with Gasteiger partial charge in [0, 0.05) is 6.20 Å². The number of hydrogen-bond acceptors (Lipinski definition) is 4. The number of pyridine rings is 2. The number of hydrogen-bond donors (Lipinski definition) is 2. The van der Waals surface area contributed by atoms with Crippen LogP contribution in [0.1, 0.15) is 10.4 Å². The average molecular weight is 311 g/mol. The Morgan fingerprint density at radius 2 is 2.22 bits per heavy atom. The molecule has 5 nitrogen and oxygen atoms in total. The Bertz CT molecular complexity index is 605. The maximum Gasteiger partial charge on any atom is 0.260 e. The summed E-state index contributed by atoms with van der Waals surface area (Å²) in [5.74, 6) is -0.916. The molecule has 0 aliphatic carbocycles. The molecule has 0 bridgehead atoms. The number of anilines is 2. The molecule has 2 heterocycles. The lowest BCUT2D eigenvalue weighted by atomic mass is 10.2. The standard InChI is InChI=1S/C11H8BrFN4O/c12-8-2-1-3-15-10(8)17-11(18)7-4-6(13)5-16-9(7)14/h1-5H,(H2,14,16)(H,15,17,18). The molecule has 0 aromatic carbocycles. The molecule has 7 heteroatoms. The summed E-state index contributed by atoms with van der Waals surface area (Å²) in [6.07, 6.45) is 2.47. The first-order chi connectivity index (χ1) is 8.58. The molecule has 0 aliphatic heterocycles. The predicted molar refractivity (Wildman–Crippen MR) is 68.5 cm³/mol. The van der Waals surface area contributed by atoms with E-state index in [4.69, 9.17) is 5.73 Å². The highest BCUT2D eigenvalue weighted by Gasteiger charge is 2.13. The van der Waals surface area contributed by atoms with Crippen molar-refractivity contribution in [3.05, 3.63) is 46.4 Å². The van der Waals surface area contributed by atoms with Gasteiger partial charge < -0.3 is 11.1 Å². The second-order valence-electron chi connectivity index (χ2n) is 3.37. The van der Waals surface area contributed by atoms with Crippen molar-refractivity contribution in [2.24, 2.45) is 0 Å². The van der Waals surface area contributed by atoms with Gasteiger partial charge in [0.15, 0.2) is 0 Å². The summed E-state index contributed by atoms with van der Waals surface area (Å²) < 4.78 is 13.6. The molecule has 2 rings (SSSR count). The number of nitrogen functional groups attached to an aromatic ring is 1. The van der Waals surface area contributed by atoms with Gasteiger partial charge in [-0.3, -0.25) is 4.79 Å². The van der Waals surface area contributed by atoms with Crippen LogP contribution in [0.15, 0.2) is 35.1 Å². The summed E-state index contributed by atoms with van der Waals surface area (Å²) in [4.78, 5) is 19.4. The van der Waals surface area contributed by atoms with Gasteiger partial charge in [-0.1, -0.05) is 0 Å². The van der Waals surface area contributed by atoms with Crippen molar-refractivity contribution in [1.29, 1.82) is 0 Å². The molecule has 1 amide bonds. The second kappa shape index (κ2) is 5.09. The van der Waals surface area contributed by atoms with Gasteiger partial charge in [0.05, 0.1) is 16.2 Å². The van der Waals surface area contributed by atoms with Gasteiger partial charge in [0.2, 0.25) is 0 Å². The van der Waals surface area contributed by atoms with Gasteiger partial charge in [-0.15, -0.1) is 0 Å². The van der Waals surface area contributed by atoms with Gasteiger partial charge in [-0.05, 0) is 34.1 Å². The SMILES string of the molecule is Nc1ncc(F)cc1C(=O)Nc1ncccc1Br. The first-order valence-corrected chi connectivity index (χ1v) is 5.70. The number of aromatic nitrogens is 2. The summed E-state index contributed by atoms with van der Waals surface area (Å²) in [5.41, 5.74) is 5.48. The van der Waals surface area contributed by atoms with Crippen LogP contribution in [0.4, 0.5) is 16.0 Å². The predicted octanol–water partition coefficient (Wildman–Crippen LogP) is 2.21. The van der Waals surface area contributed by atoms with Gasteiger partial charge in [-0.25, -0.2) is 14.4 Å². The second-order valence-corrected chi connectivity index (χ2v) is 4.23. The van der Waals surface area contributed by atoms with E-state index in [1.165, 1.54) is 6.20 Å². The Morgan fingerprint density at radius 3 is 2.94 bits per heavy atom. The van der Waals surface area contributed by atoms with Crippen molar-refractivity contribution >= 4 is 33.5 Å². The van der Waals surface area contributed by atoms with E-state index >= 15 is 0 Å². The Labute approximate surface area is 110 Å². The van der Waals surface area contributed by atoms with Gasteiger partial charge >= 0.3 is 0 Å². The Balaban J connectivity index is 2.28. The first kappa shape index (κ1) is 12.4. The lowest BCUT2D eigenvalue weighted by molar-refractivity contribution is 0.102. The van der Waals surface area contributed by atoms with Crippen LogP contribution < -0.4 is 11.1 Å². The molecule has 0 unspecified atom stereocenters. The molecule has 0 saturated heterocycles. The molecule has 0 radical (unpaired) electrons. The van der Waals surface area contributed by atoms with E-state index in [1.54, 1.807) is 12.1 Å². The van der Waals surface area contributed by atoms with Crippen molar-refractivity contribution < 1.29 is 9.18 Å². The molecule has 0 spiro atoms. The van der Waals surface area contributed by atoms with Crippen molar-refractivity contribution in [2.75, 3.05) is 11.1 Å². The van der Waals surface area contributed by atoms with Crippen LogP contribution in [0.3, 0.4) is 0 Å². The number of carbonyl (C=O) groups is 1. The van der Waals surface area contributed by atoms with Gasteiger partial charge in [0.1, 0.15) is 17.5 Å². The quantitative estimate of drug-likeness (QED) is 0.891. The normalized spacial score (nSPS) is 10.1. The monoisotopic (exact) mass is 310 g/mol. The average Bonchev–Trinajstić information content (AvgIpc) is 2.35. The molecule has 0 atom stereocenters. The van der Waals surface area contributed by atoms with Gasteiger partial charge in [-0.2, -0.15) is 0 Å². The number of carbonyl (C=O) groups excluding carboxylic acids is 1. The van der Waals surface area contributed by atoms with Crippen LogP contribution in [0, 0.1) is 5.82 Å². The molecule has 0 fully saturated rings. The number of rotatable bonds is 2. The largest absolute Gasteiger partial charge is 0.383 e. The third-order valence-electron chi connectivity index (χ3n) is 2.12. The zero-order chi connectivity index (χ0) is 13.1. The van der Waals surface area contributed by atoms with E-state index in [-0.39, 0.29) is 11.4 Å². The molecule has 0 aliphatic rings. The summed E-state index contributed by atoms with van der Waals surface area (Å²) in [6, 6.07) is 4.45. The molecule has 18 heavy (non-hydrogen) atoms. The van der Waals surface area contributed by atoms with Crippen LogP contribution in [-0.2, 0) is 0 Å². The Hall–Kier alpha value is -2.02. The number of nitrogens with two attached hydrogens (primary N) is 1. The Morgan fingerprint density at radius 1 is 1.44 bits per heavy atom. The van der Waals surface area contributed by atoms with Crippen molar-refractivity contribution in [2.45, 2.75) is 0 Å². The summed E-state index contributed by atoms with van der Waals surface area (Å²) in [6.45, 7) is 0. The molecule has 2 aromatic rings. The van der Waals surface area contributed by atoms with Crippen molar-refractivity contribution in [1.82, 2.24) is 9.97 Å². The van der Waals surface area contributed by atoms with Gasteiger partial charge in [0.25, 0.3) is 5.91 Å². The van der Waals surface area contributed by atoms with E-state index in [9.17, 15) is 9.18 Å². The number of halogens is 2. The van der Waals surface area contributed by atoms with Crippen LogP contribution in [0.25, 0.3) is 0 Å². The molecule has 3 N–H and O–H groups in total. The first-order valence-electron chi connectivity index (χ1n) is 4.91. The zero-order valence-electron chi connectivity index (χ0n) is 9.02. The van der Waals surface area contributed by atoms with E-state index in [0.29, 0.717) is 10.3 Å². The number of amides is 1. The maximum atomic E-state index is 13.0. The van der Waals surface area contributed by atoms with Crippen LogP contribution in [0.5, 0.6) is 0 Å². The maximum absolute atomic E-state index is 13.0. The molecule has 0 saturated carbocycles. The van der Waals surface area contributed by atoms with Crippen LogP contribution in [0.2, 0.25) is 0 Å². The minimum Gasteiger partial charge on any atom is -0.383 e. The fraction of sp³-hybridized carbons (Fsp3) is 0. The summed E-state index contributed by atoms with van der Waals surface area (Å²) in [7, 11) is 0. The number of nitrogens with one attached hydrogen (secondary N) is 1. The van der Waals surface area contributed by atoms with E-state index in [1.807, 2.05) is 0 Å².